The van der Waals surface area contributed by atoms with Crippen molar-refractivity contribution in [1.29, 1.82) is 0 Å². The fourth-order valence-corrected chi connectivity index (χ4v) is 3.02. The molecule has 2 aliphatic rings. The van der Waals surface area contributed by atoms with Crippen LogP contribution in [0.3, 0.4) is 0 Å². The summed E-state index contributed by atoms with van der Waals surface area (Å²) in [5, 5.41) is 3.68. The zero-order valence-electron chi connectivity index (χ0n) is 9.09. The molecular formula is C11H22N2. The van der Waals surface area contributed by atoms with Crippen molar-refractivity contribution in [3.8, 4) is 0 Å². The lowest BCUT2D eigenvalue weighted by Gasteiger charge is -2.37. The standard InChI is InChI=1S/C11H22N2/c1-8(2)12-9-6-10-4-5-11(7-9)13(10)3/h8-12H,4-7H2,1-3H3. The Morgan fingerprint density at radius 2 is 1.69 bits per heavy atom. The van der Waals surface area contributed by atoms with Gasteiger partial charge in [-0.2, -0.15) is 0 Å². The van der Waals surface area contributed by atoms with Crippen LogP contribution in [-0.4, -0.2) is 36.1 Å². The number of rotatable bonds is 2. The van der Waals surface area contributed by atoms with Gasteiger partial charge < -0.3 is 10.2 Å². The predicted octanol–water partition coefficient (Wildman–Crippen LogP) is 1.61. The second-order valence-electron chi connectivity index (χ2n) is 5.04. The van der Waals surface area contributed by atoms with E-state index in [9.17, 15) is 0 Å². The van der Waals surface area contributed by atoms with Crippen molar-refractivity contribution in [2.45, 2.75) is 63.7 Å². The van der Waals surface area contributed by atoms with Crippen molar-refractivity contribution >= 4 is 0 Å². The van der Waals surface area contributed by atoms with Gasteiger partial charge in [-0.1, -0.05) is 13.8 Å². The van der Waals surface area contributed by atoms with E-state index in [1.54, 1.807) is 0 Å². The lowest BCUT2D eigenvalue weighted by molar-refractivity contribution is 0.145. The minimum Gasteiger partial charge on any atom is -0.312 e. The summed E-state index contributed by atoms with van der Waals surface area (Å²) in [6.07, 6.45) is 5.59. The molecule has 0 aromatic rings. The first-order valence-corrected chi connectivity index (χ1v) is 5.65. The molecule has 1 N–H and O–H groups in total. The first kappa shape index (κ1) is 9.47. The molecule has 2 rings (SSSR count). The molecule has 2 atom stereocenters. The van der Waals surface area contributed by atoms with Gasteiger partial charge in [0, 0.05) is 24.2 Å². The topological polar surface area (TPSA) is 15.3 Å². The molecule has 0 saturated carbocycles. The molecule has 13 heavy (non-hydrogen) atoms. The highest BCUT2D eigenvalue weighted by atomic mass is 15.2. The molecule has 0 aliphatic carbocycles. The second kappa shape index (κ2) is 3.58. The zero-order chi connectivity index (χ0) is 9.42. The van der Waals surface area contributed by atoms with Gasteiger partial charge in [0.1, 0.15) is 0 Å². The Labute approximate surface area is 81.7 Å². The van der Waals surface area contributed by atoms with E-state index in [0.717, 1.165) is 18.1 Å². The van der Waals surface area contributed by atoms with Crippen molar-refractivity contribution in [3.05, 3.63) is 0 Å². The molecule has 2 aliphatic heterocycles. The summed E-state index contributed by atoms with van der Waals surface area (Å²) in [5.41, 5.74) is 0. The molecule has 0 radical (unpaired) electrons. The third-order valence-electron chi connectivity index (χ3n) is 3.67. The fourth-order valence-electron chi connectivity index (χ4n) is 3.02. The van der Waals surface area contributed by atoms with Gasteiger partial charge in [0.25, 0.3) is 0 Å². The lowest BCUT2D eigenvalue weighted by atomic mass is 9.97. The Morgan fingerprint density at radius 1 is 1.15 bits per heavy atom. The van der Waals surface area contributed by atoms with Gasteiger partial charge in [-0.25, -0.2) is 0 Å². The molecule has 2 heterocycles. The minimum absolute atomic E-state index is 0.646. The summed E-state index contributed by atoms with van der Waals surface area (Å²) in [6, 6.07) is 3.17. The van der Waals surface area contributed by atoms with E-state index < -0.39 is 0 Å². The molecule has 2 bridgehead atoms. The van der Waals surface area contributed by atoms with Crippen LogP contribution in [0, 0.1) is 0 Å². The minimum atomic E-state index is 0.646. The number of fused-ring (bicyclic) bond motifs is 2. The van der Waals surface area contributed by atoms with Crippen LogP contribution in [0.5, 0.6) is 0 Å². The number of nitrogens with zero attached hydrogens (tertiary/aromatic N) is 1. The Hall–Kier alpha value is -0.0800. The first-order valence-electron chi connectivity index (χ1n) is 5.65. The highest BCUT2D eigenvalue weighted by Gasteiger charge is 2.38. The normalized spacial score (nSPS) is 40.2. The molecular weight excluding hydrogens is 160 g/mol. The number of piperidine rings is 1. The molecule has 2 saturated heterocycles. The maximum Gasteiger partial charge on any atom is 0.0111 e. The van der Waals surface area contributed by atoms with Gasteiger partial charge in [-0.15, -0.1) is 0 Å². The third-order valence-corrected chi connectivity index (χ3v) is 3.67. The predicted molar refractivity (Wildman–Crippen MR) is 55.9 cm³/mol. The summed E-state index contributed by atoms with van der Waals surface area (Å²) in [4.78, 5) is 2.60. The van der Waals surface area contributed by atoms with Crippen molar-refractivity contribution in [2.24, 2.45) is 0 Å². The Morgan fingerprint density at radius 3 is 2.15 bits per heavy atom. The van der Waals surface area contributed by atoms with E-state index in [1.165, 1.54) is 25.7 Å². The first-order chi connectivity index (χ1) is 6.16. The van der Waals surface area contributed by atoms with E-state index >= 15 is 0 Å². The molecule has 76 valence electrons. The second-order valence-corrected chi connectivity index (χ2v) is 5.04. The van der Waals surface area contributed by atoms with E-state index in [0.29, 0.717) is 6.04 Å². The maximum absolute atomic E-state index is 3.68. The number of hydrogen-bond acceptors (Lipinski definition) is 2. The van der Waals surface area contributed by atoms with E-state index in [1.807, 2.05) is 0 Å². The fraction of sp³-hybridized carbons (Fsp3) is 1.00. The van der Waals surface area contributed by atoms with E-state index in [2.05, 4.69) is 31.1 Å². The van der Waals surface area contributed by atoms with E-state index in [4.69, 9.17) is 0 Å². The van der Waals surface area contributed by atoms with Crippen LogP contribution in [-0.2, 0) is 0 Å². The van der Waals surface area contributed by atoms with Crippen LogP contribution in [0.15, 0.2) is 0 Å². The van der Waals surface area contributed by atoms with E-state index in [-0.39, 0.29) is 0 Å². The molecule has 2 unspecified atom stereocenters. The summed E-state index contributed by atoms with van der Waals surface area (Å²) < 4.78 is 0. The van der Waals surface area contributed by atoms with Gasteiger partial charge in [0.2, 0.25) is 0 Å². The third kappa shape index (κ3) is 1.89. The average molecular weight is 182 g/mol. The molecule has 0 amide bonds. The van der Waals surface area contributed by atoms with Crippen LogP contribution in [0.2, 0.25) is 0 Å². The summed E-state index contributed by atoms with van der Waals surface area (Å²) >= 11 is 0. The van der Waals surface area contributed by atoms with Crippen LogP contribution in [0.1, 0.15) is 39.5 Å². The monoisotopic (exact) mass is 182 g/mol. The van der Waals surface area contributed by atoms with Crippen LogP contribution < -0.4 is 5.32 Å². The summed E-state index contributed by atoms with van der Waals surface area (Å²) in [7, 11) is 2.30. The Kier molecular flexibility index (Phi) is 2.61. The highest BCUT2D eigenvalue weighted by Crippen LogP contribution is 2.34. The van der Waals surface area contributed by atoms with Gasteiger partial charge in [-0.3, -0.25) is 0 Å². The van der Waals surface area contributed by atoms with Crippen molar-refractivity contribution in [3.63, 3.8) is 0 Å². The smallest absolute Gasteiger partial charge is 0.0111 e. The molecule has 2 nitrogen and oxygen atoms in total. The quantitative estimate of drug-likeness (QED) is 0.698. The molecule has 2 fully saturated rings. The van der Waals surface area contributed by atoms with Gasteiger partial charge in [0.15, 0.2) is 0 Å². The molecule has 0 aromatic carbocycles. The Balaban J connectivity index is 1.91. The molecule has 2 heteroatoms. The Bertz CT molecular complexity index is 165. The van der Waals surface area contributed by atoms with Gasteiger partial charge >= 0.3 is 0 Å². The average Bonchev–Trinajstić information content (AvgIpc) is 2.33. The number of hydrogen-bond donors (Lipinski definition) is 1. The number of nitrogens with one attached hydrogen (secondary N) is 1. The summed E-state index contributed by atoms with van der Waals surface area (Å²) in [6.45, 7) is 4.50. The van der Waals surface area contributed by atoms with Crippen molar-refractivity contribution in [1.82, 2.24) is 10.2 Å². The van der Waals surface area contributed by atoms with Crippen LogP contribution >= 0.6 is 0 Å². The van der Waals surface area contributed by atoms with Crippen LogP contribution in [0.4, 0.5) is 0 Å². The largest absolute Gasteiger partial charge is 0.312 e. The van der Waals surface area contributed by atoms with Gasteiger partial charge in [0.05, 0.1) is 0 Å². The SMILES string of the molecule is CC(C)NC1CC2CCC(C1)N2C. The molecule has 0 aromatic heterocycles. The molecule has 0 spiro atoms. The van der Waals surface area contributed by atoms with Crippen molar-refractivity contribution in [2.75, 3.05) is 7.05 Å². The van der Waals surface area contributed by atoms with Crippen LogP contribution in [0.25, 0.3) is 0 Å². The lowest BCUT2D eigenvalue weighted by Crippen LogP contribution is -2.48. The van der Waals surface area contributed by atoms with Crippen molar-refractivity contribution < 1.29 is 0 Å². The maximum atomic E-state index is 3.68. The van der Waals surface area contributed by atoms with Gasteiger partial charge in [-0.05, 0) is 32.7 Å². The zero-order valence-corrected chi connectivity index (χ0v) is 9.09. The highest BCUT2D eigenvalue weighted by molar-refractivity contribution is 4.96. The summed E-state index contributed by atoms with van der Waals surface area (Å²) in [5.74, 6) is 0.